The molecule has 6 heteroatoms. The van der Waals surface area contributed by atoms with Crippen LogP contribution in [-0.2, 0) is 6.42 Å². The first-order valence-corrected chi connectivity index (χ1v) is 11.6. The molecule has 0 aliphatic carbocycles. The number of hydrogen-bond donors (Lipinski definition) is 1. The third kappa shape index (κ3) is 5.16. The number of piperidine rings is 1. The first-order valence-electron chi connectivity index (χ1n) is 11.6. The van der Waals surface area contributed by atoms with Crippen LogP contribution in [-0.4, -0.2) is 57.8 Å². The van der Waals surface area contributed by atoms with E-state index in [4.69, 9.17) is 0 Å². The van der Waals surface area contributed by atoms with E-state index in [9.17, 15) is 9.59 Å². The molecule has 0 bridgehead atoms. The number of H-pyrrole nitrogens is 1. The van der Waals surface area contributed by atoms with Crippen LogP contribution in [0.2, 0.25) is 0 Å². The van der Waals surface area contributed by atoms with E-state index in [2.05, 4.69) is 22.1 Å². The number of rotatable bonds is 6. The summed E-state index contributed by atoms with van der Waals surface area (Å²) in [5.74, 6) is 0.308. The highest BCUT2D eigenvalue weighted by molar-refractivity contribution is 5.94. The van der Waals surface area contributed by atoms with E-state index in [0.29, 0.717) is 30.4 Å². The second kappa shape index (κ2) is 10.0. The van der Waals surface area contributed by atoms with Crippen LogP contribution in [0.25, 0.3) is 0 Å². The number of pyridine rings is 1. The smallest absolute Gasteiger partial charge is 0.272 e. The van der Waals surface area contributed by atoms with Gasteiger partial charge in [0, 0.05) is 38.1 Å². The molecule has 1 N–H and O–H groups in total. The van der Waals surface area contributed by atoms with Crippen molar-refractivity contribution in [2.75, 3.05) is 20.1 Å². The third-order valence-corrected chi connectivity index (χ3v) is 6.72. The summed E-state index contributed by atoms with van der Waals surface area (Å²) >= 11 is 0. The lowest BCUT2D eigenvalue weighted by atomic mass is 9.84. The molecule has 1 aromatic carbocycles. The van der Waals surface area contributed by atoms with Crippen LogP contribution in [0, 0.1) is 19.8 Å². The fourth-order valence-electron chi connectivity index (χ4n) is 4.89. The summed E-state index contributed by atoms with van der Waals surface area (Å²) in [5.41, 5.74) is 4.35. The number of aromatic nitrogens is 2. The predicted octanol–water partition coefficient (Wildman–Crippen LogP) is 4.26. The number of carbonyl (C=O) groups is 2. The van der Waals surface area contributed by atoms with Crippen LogP contribution in [0.1, 0.15) is 50.6 Å². The van der Waals surface area contributed by atoms with Gasteiger partial charge in [0.25, 0.3) is 11.8 Å². The van der Waals surface area contributed by atoms with Crippen LogP contribution in [0.3, 0.4) is 0 Å². The number of benzene rings is 1. The van der Waals surface area contributed by atoms with Gasteiger partial charge in [0.1, 0.15) is 11.4 Å². The maximum atomic E-state index is 13.2. The molecular weight excluding hydrogens is 412 g/mol. The van der Waals surface area contributed by atoms with Gasteiger partial charge in [-0.25, -0.2) is 0 Å². The van der Waals surface area contributed by atoms with Crippen molar-refractivity contribution in [3.8, 4) is 0 Å². The highest BCUT2D eigenvalue weighted by Crippen LogP contribution is 2.28. The Morgan fingerprint density at radius 3 is 2.39 bits per heavy atom. The third-order valence-electron chi connectivity index (χ3n) is 6.72. The number of nitrogens with zero attached hydrogens (tertiary/aromatic N) is 3. The molecule has 3 aromatic rings. The summed E-state index contributed by atoms with van der Waals surface area (Å²) < 4.78 is 0. The Labute approximate surface area is 195 Å². The van der Waals surface area contributed by atoms with Crippen LogP contribution < -0.4 is 0 Å². The molecule has 1 fully saturated rings. The Kier molecular flexibility index (Phi) is 6.92. The maximum Gasteiger partial charge on any atom is 0.272 e. The predicted molar refractivity (Wildman–Crippen MR) is 129 cm³/mol. The zero-order valence-electron chi connectivity index (χ0n) is 19.6. The van der Waals surface area contributed by atoms with Crippen molar-refractivity contribution in [1.82, 2.24) is 19.8 Å². The minimum atomic E-state index is -0.0625. The molecule has 3 heterocycles. The first kappa shape index (κ1) is 22.8. The number of likely N-dealkylation sites (N-methyl/N-ethyl adjacent to an activating group) is 1. The molecule has 1 atom stereocenters. The molecule has 0 unspecified atom stereocenters. The van der Waals surface area contributed by atoms with E-state index in [1.165, 1.54) is 5.56 Å². The van der Waals surface area contributed by atoms with E-state index >= 15 is 0 Å². The highest BCUT2D eigenvalue weighted by atomic mass is 16.2. The average molecular weight is 445 g/mol. The zero-order valence-corrected chi connectivity index (χ0v) is 19.6. The second-order valence-electron chi connectivity index (χ2n) is 9.03. The molecule has 0 radical (unpaired) electrons. The van der Waals surface area contributed by atoms with Gasteiger partial charge < -0.3 is 14.8 Å². The fourth-order valence-corrected chi connectivity index (χ4v) is 4.89. The van der Waals surface area contributed by atoms with E-state index in [1.54, 1.807) is 12.3 Å². The lowest BCUT2D eigenvalue weighted by molar-refractivity contribution is 0.0516. The Hall–Kier alpha value is -3.41. The van der Waals surface area contributed by atoms with Gasteiger partial charge in [-0.2, -0.15) is 0 Å². The molecule has 2 aromatic heterocycles. The number of nitrogens with one attached hydrogen (secondary N) is 1. The summed E-state index contributed by atoms with van der Waals surface area (Å²) in [6.07, 6.45) is 4.16. The molecule has 2 amide bonds. The zero-order chi connectivity index (χ0) is 23.4. The van der Waals surface area contributed by atoms with Gasteiger partial charge >= 0.3 is 0 Å². The first-order chi connectivity index (χ1) is 15.9. The van der Waals surface area contributed by atoms with Crippen LogP contribution >= 0.6 is 0 Å². The summed E-state index contributed by atoms with van der Waals surface area (Å²) in [6, 6.07) is 17.8. The van der Waals surface area contributed by atoms with E-state index in [0.717, 1.165) is 30.5 Å². The van der Waals surface area contributed by atoms with Gasteiger partial charge in [-0.15, -0.1) is 0 Å². The van der Waals surface area contributed by atoms with Gasteiger partial charge in [0.15, 0.2) is 0 Å². The van der Waals surface area contributed by atoms with Crippen molar-refractivity contribution in [2.45, 2.75) is 39.2 Å². The normalized spacial score (nSPS) is 15.3. The molecule has 0 spiro atoms. The number of hydrogen-bond acceptors (Lipinski definition) is 3. The maximum absolute atomic E-state index is 13.2. The Bertz CT molecular complexity index is 1090. The largest absolute Gasteiger partial charge is 0.354 e. The second-order valence-corrected chi connectivity index (χ2v) is 9.03. The number of aryl methyl sites for hydroxylation is 2. The number of likely N-dealkylation sites (tertiary alicyclic amines) is 1. The minimum Gasteiger partial charge on any atom is -0.354 e. The lowest BCUT2D eigenvalue weighted by Gasteiger charge is -2.40. The molecule has 4 rings (SSSR count). The van der Waals surface area contributed by atoms with Crippen molar-refractivity contribution in [2.24, 2.45) is 5.92 Å². The molecule has 1 aliphatic rings. The number of amides is 2. The quantitative estimate of drug-likeness (QED) is 0.618. The average Bonchev–Trinajstić information content (AvgIpc) is 3.20. The lowest BCUT2D eigenvalue weighted by Crippen LogP contribution is -2.48. The SMILES string of the molecule is Cc1cc(C)c(C(=O)N2CCC([C@@H](Cc3ccccc3)N(C)C(=O)c3ccccn3)CC2)[nH]1. The molecule has 33 heavy (non-hydrogen) atoms. The van der Waals surface area contributed by atoms with Crippen LogP contribution in [0.15, 0.2) is 60.8 Å². The monoisotopic (exact) mass is 444 g/mol. The Balaban J connectivity index is 1.49. The molecule has 1 aliphatic heterocycles. The van der Waals surface area contributed by atoms with Gasteiger partial charge in [-0.1, -0.05) is 36.4 Å². The molecule has 172 valence electrons. The molecular formula is C27H32N4O2. The fraction of sp³-hybridized carbons (Fsp3) is 0.370. The molecule has 6 nitrogen and oxygen atoms in total. The molecule has 0 saturated carbocycles. The highest BCUT2D eigenvalue weighted by Gasteiger charge is 2.34. The van der Waals surface area contributed by atoms with Gasteiger partial charge in [-0.05, 0) is 68.4 Å². The van der Waals surface area contributed by atoms with E-state index < -0.39 is 0 Å². The Morgan fingerprint density at radius 1 is 1.09 bits per heavy atom. The topological polar surface area (TPSA) is 69.3 Å². The van der Waals surface area contributed by atoms with Gasteiger partial charge in [-0.3, -0.25) is 14.6 Å². The van der Waals surface area contributed by atoms with Gasteiger partial charge in [0.05, 0.1) is 0 Å². The van der Waals surface area contributed by atoms with Crippen molar-refractivity contribution in [1.29, 1.82) is 0 Å². The minimum absolute atomic E-state index is 0.0358. The van der Waals surface area contributed by atoms with Crippen molar-refractivity contribution < 1.29 is 9.59 Å². The standard InChI is InChI=1S/C27H32N4O2/c1-19-17-20(2)29-25(19)27(33)31-15-12-22(13-16-31)24(18-21-9-5-4-6-10-21)30(3)26(32)23-11-7-8-14-28-23/h4-11,14,17,22,24,29H,12-13,15-16,18H2,1-3H3/t24-/m1/s1. The van der Waals surface area contributed by atoms with Crippen LogP contribution in [0.4, 0.5) is 0 Å². The molecule has 1 saturated heterocycles. The summed E-state index contributed by atoms with van der Waals surface area (Å²) in [4.78, 5) is 37.5. The number of aromatic amines is 1. The van der Waals surface area contributed by atoms with Crippen LogP contribution in [0.5, 0.6) is 0 Å². The summed E-state index contributed by atoms with van der Waals surface area (Å²) in [6.45, 7) is 5.33. The van der Waals surface area contributed by atoms with Gasteiger partial charge in [0.2, 0.25) is 0 Å². The number of carbonyl (C=O) groups excluding carboxylic acids is 2. The van der Waals surface area contributed by atoms with Crippen molar-refractivity contribution in [3.05, 3.63) is 89.0 Å². The Morgan fingerprint density at radius 2 is 1.79 bits per heavy atom. The van der Waals surface area contributed by atoms with Crippen molar-refractivity contribution >= 4 is 11.8 Å². The van der Waals surface area contributed by atoms with E-state index in [-0.39, 0.29) is 17.9 Å². The summed E-state index contributed by atoms with van der Waals surface area (Å²) in [7, 11) is 1.88. The van der Waals surface area contributed by atoms with Crippen molar-refractivity contribution in [3.63, 3.8) is 0 Å². The van der Waals surface area contributed by atoms with E-state index in [1.807, 2.05) is 67.1 Å². The summed E-state index contributed by atoms with van der Waals surface area (Å²) in [5, 5.41) is 0.